The van der Waals surface area contributed by atoms with Crippen LogP contribution in [0.2, 0.25) is 0 Å². The van der Waals surface area contributed by atoms with Crippen LogP contribution in [-0.4, -0.2) is 27.6 Å². The molecule has 0 aliphatic heterocycles. The molecule has 2 heterocycles. The molecule has 0 saturated heterocycles. The maximum atomic E-state index is 11.3. The number of benzene rings is 1. The molecule has 3 rings (SSSR count). The molecule has 6 N–H and O–H groups in total. The van der Waals surface area contributed by atoms with Crippen LogP contribution < -0.4 is 26.8 Å². The second-order valence-electron chi connectivity index (χ2n) is 5.12. The van der Waals surface area contributed by atoms with E-state index in [-0.39, 0.29) is 5.91 Å². The standard InChI is InChI=1S/C15H17N7O2/c1-8(23)19-11-5-9(3-4-12(11)24-2)20-14-6-10(16)15-18-7-13(17)22(15)21-14/h3-7H,16-17H2,1-2H3,(H,19,23)(H,20,21). The van der Waals surface area contributed by atoms with Gasteiger partial charge in [0.1, 0.15) is 11.6 Å². The molecule has 0 fully saturated rings. The van der Waals surface area contributed by atoms with Crippen LogP contribution in [0.5, 0.6) is 5.75 Å². The quantitative estimate of drug-likeness (QED) is 0.572. The van der Waals surface area contributed by atoms with Crippen molar-refractivity contribution in [1.82, 2.24) is 14.6 Å². The summed E-state index contributed by atoms with van der Waals surface area (Å²) >= 11 is 0. The van der Waals surface area contributed by atoms with Crippen LogP contribution in [-0.2, 0) is 4.79 Å². The highest BCUT2D eigenvalue weighted by Crippen LogP contribution is 2.29. The van der Waals surface area contributed by atoms with Crippen LogP contribution in [0.1, 0.15) is 6.92 Å². The summed E-state index contributed by atoms with van der Waals surface area (Å²) in [6.07, 6.45) is 1.49. The second-order valence-corrected chi connectivity index (χ2v) is 5.12. The number of nitrogens with zero attached hydrogens (tertiary/aromatic N) is 3. The monoisotopic (exact) mass is 327 g/mol. The second kappa shape index (κ2) is 5.95. The summed E-state index contributed by atoms with van der Waals surface area (Å²) < 4.78 is 6.68. The van der Waals surface area contributed by atoms with Gasteiger partial charge in [0.15, 0.2) is 11.5 Å². The number of fused-ring (bicyclic) bond motifs is 1. The average Bonchev–Trinajstić information content (AvgIpc) is 2.89. The highest BCUT2D eigenvalue weighted by atomic mass is 16.5. The Bertz CT molecular complexity index is 920. The number of nitrogens with two attached hydrogens (primary N) is 2. The number of nitrogens with one attached hydrogen (secondary N) is 2. The Hall–Kier alpha value is -3.49. The Balaban J connectivity index is 1.96. The zero-order valence-electron chi connectivity index (χ0n) is 13.2. The van der Waals surface area contributed by atoms with E-state index in [0.29, 0.717) is 40.1 Å². The third-order valence-electron chi connectivity index (χ3n) is 3.31. The van der Waals surface area contributed by atoms with Gasteiger partial charge >= 0.3 is 0 Å². The number of nitrogen functional groups attached to an aromatic ring is 2. The number of carbonyl (C=O) groups is 1. The average molecular weight is 327 g/mol. The molecule has 0 spiro atoms. The largest absolute Gasteiger partial charge is 0.495 e. The SMILES string of the molecule is COc1ccc(Nc2cc(N)c3ncc(N)n3n2)cc1NC(C)=O. The van der Waals surface area contributed by atoms with E-state index in [9.17, 15) is 4.79 Å². The molecule has 0 aliphatic rings. The molecule has 0 radical (unpaired) electrons. The van der Waals surface area contributed by atoms with E-state index < -0.39 is 0 Å². The maximum Gasteiger partial charge on any atom is 0.221 e. The molecule has 1 amide bonds. The molecule has 24 heavy (non-hydrogen) atoms. The molecule has 0 saturated carbocycles. The Morgan fingerprint density at radius 3 is 2.79 bits per heavy atom. The third-order valence-corrected chi connectivity index (χ3v) is 3.31. The molecule has 0 atom stereocenters. The van der Waals surface area contributed by atoms with Gasteiger partial charge in [-0.2, -0.15) is 4.52 Å². The number of aromatic nitrogens is 3. The lowest BCUT2D eigenvalue weighted by Gasteiger charge is -2.12. The first-order valence-corrected chi connectivity index (χ1v) is 7.10. The molecule has 9 nitrogen and oxygen atoms in total. The van der Waals surface area contributed by atoms with Crippen molar-refractivity contribution in [3.63, 3.8) is 0 Å². The normalized spacial score (nSPS) is 10.6. The van der Waals surface area contributed by atoms with Crippen LogP contribution in [0.25, 0.3) is 5.65 Å². The van der Waals surface area contributed by atoms with Crippen molar-refractivity contribution in [1.29, 1.82) is 0 Å². The Morgan fingerprint density at radius 2 is 2.08 bits per heavy atom. The van der Waals surface area contributed by atoms with Gasteiger partial charge in [-0.3, -0.25) is 4.79 Å². The van der Waals surface area contributed by atoms with Crippen molar-refractivity contribution in [2.75, 3.05) is 29.2 Å². The highest BCUT2D eigenvalue weighted by Gasteiger charge is 2.10. The Kier molecular flexibility index (Phi) is 3.82. The van der Waals surface area contributed by atoms with E-state index in [2.05, 4.69) is 20.7 Å². The molecule has 1 aromatic carbocycles. The first kappa shape index (κ1) is 15.4. The molecule has 0 bridgehead atoms. The van der Waals surface area contributed by atoms with Crippen molar-refractivity contribution in [2.45, 2.75) is 6.92 Å². The van der Waals surface area contributed by atoms with E-state index in [4.69, 9.17) is 16.2 Å². The summed E-state index contributed by atoms with van der Waals surface area (Å²) in [5.41, 5.74) is 14.0. The van der Waals surface area contributed by atoms with Gasteiger partial charge in [-0.05, 0) is 18.2 Å². The minimum absolute atomic E-state index is 0.194. The third kappa shape index (κ3) is 2.86. The summed E-state index contributed by atoms with van der Waals surface area (Å²) in [4.78, 5) is 15.4. The summed E-state index contributed by atoms with van der Waals surface area (Å²) in [6, 6.07) is 6.92. The number of carbonyl (C=O) groups excluding carboxylic acids is 1. The number of amides is 1. The number of hydrogen-bond donors (Lipinski definition) is 4. The van der Waals surface area contributed by atoms with Gasteiger partial charge < -0.3 is 26.8 Å². The van der Waals surface area contributed by atoms with Gasteiger partial charge in [-0.25, -0.2) is 4.98 Å². The number of anilines is 5. The van der Waals surface area contributed by atoms with E-state index in [1.807, 2.05) is 0 Å². The fourth-order valence-electron chi connectivity index (χ4n) is 2.29. The smallest absolute Gasteiger partial charge is 0.221 e. The predicted octanol–water partition coefficient (Wildman–Crippen LogP) is 1.60. The molecule has 0 aliphatic carbocycles. The molecular formula is C15H17N7O2. The van der Waals surface area contributed by atoms with Gasteiger partial charge in [0, 0.05) is 18.7 Å². The van der Waals surface area contributed by atoms with E-state index in [1.165, 1.54) is 24.7 Å². The van der Waals surface area contributed by atoms with Crippen molar-refractivity contribution in [3.05, 3.63) is 30.5 Å². The minimum atomic E-state index is -0.194. The fourth-order valence-corrected chi connectivity index (χ4v) is 2.29. The van der Waals surface area contributed by atoms with Gasteiger partial charge in [0.2, 0.25) is 5.91 Å². The number of methoxy groups -OCH3 is 1. The zero-order chi connectivity index (χ0) is 17.3. The van der Waals surface area contributed by atoms with Crippen molar-refractivity contribution in [2.24, 2.45) is 0 Å². The van der Waals surface area contributed by atoms with Gasteiger partial charge in [0.25, 0.3) is 0 Å². The highest BCUT2D eigenvalue weighted by molar-refractivity contribution is 5.91. The number of imidazole rings is 1. The fraction of sp³-hybridized carbons (Fsp3) is 0.133. The topological polar surface area (TPSA) is 133 Å². The molecule has 0 unspecified atom stereocenters. The van der Waals surface area contributed by atoms with Crippen LogP contribution >= 0.6 is 0 Å². The molecule has 2 aromatic heterocycles. The maximum absolute atomic E-state index is 11.3. The summed E-state index contributed by atoms with van der Waals surface area (Å²) in [5.74, 6) is 1.23. The van der Waals surface area contributed by atoms with Crippen LogP contribution in [0.15, 0.2) is 30.5 Å². The number of ether oxygens (including phenoxy) is 1. The lowest BCUT2D eigenvalue weighted by molar-refractivity contribution is -0.114. The summed E-state index contributed by atoms with van der Waals surface area (Å²) in [6.45, 7) is 1.43. The molecule has 9 heteroatoms. The predicted molar refractivity (Wildman–Crippen MR) is 92.4 cm³/mol. The van der Waals surface area contributed by atoms with E-state index >= 15 is 0 Å². The van der Waals surface area contributed by atoms with Crippen molar-refractivity contribution >= 4 is 40.3 Å². The van der Waals surface area contributed by atoms with E-state index in [1.54, 1.807) is 24.3 Å². The molecule has 124 valence electrons. The van der Waals surface area contributed by atoms with Gasteiger partial charge in [0.05, 0.1) is 24.7 Å². The first-order chi connectivity index (χ1) is 11.5. The first-order valence-electron chi connectivity index (χ1n) is 7.10. The minimum Gasteiger partial charge on any atom is -0.495 e. The van der Waals surface area contributed by atoms with Crippen LogP contribution in [0, 0.1) is 0 Å². The Labute approximate surface area is 137 Å². The Morgan fingerprint density at radius 1 is 1.29 bits per heavy atom. The van der Waals surface area contributed by atoms with Gasteiger partial charge in [-0.1, -0.05) is 0 Å². The van der Waals surface area contributed by atoms with Gasteiger partial charge in [-0.15, -0.1) is 5.10 Å². The van der Waals surface area contributed by atoms with Crippen LogP contribution in [0.3, 0.4) is 0 Å². The zero-order valence-corrected chi connectivity index (χ0v) is 13.2. The molecule has 3 aromatic rings. The van der Waals surface area contributed by atoms with Crippen LogP contribution in [0.4, 0.5) is 28.7 Å². The summed E-state index contributed by atoms with van der Waals surface area (Å²) in [7, 11) is 1.53. The summed E-state index contributed by atoms with van der Waals surface area (Å²) in [5, 5.41) is 10.2. The van der Waals surface area contributed by atoms with Crippen molar-refractivity contribution in [3.8, 4) is 5.75 Å². The molecular weight excluding hydrogens is 310 g/mol. The lowest BCUT2D eigenvalue weighted by Crippen LogP contribution is -2.08. The lowest BCUT2D eigenvalue weighted by atomic mass is 10.2. The number of hydrogen-bond acceptors (Lipinski definition) is 7. The number of rotatable bonds is 4. The van der Waals surface area contributed by atoms with Crippen molar-refractivity contribution < 1.29 is 9.53 Å². The van der Waals surface area contributed by atoms with E-state index in [0.717, 1.165) is 0 Å².